The summed E-state index contributed by atoms with van der Waals surface area (Å²) in [5.74, 6) is 1.46. The molecule has 2 aromatic rings. The van der Waals surface area contributed by atoms with E-state index in [4.69, 9.17) is 9.47 Å². The van der Waals surface area contributed by atoms with Gasteiger partial charge in [-0.2, -0.15) is 0 Å². The topological polar surface area (TPSA) is 80.6 Å². The largest absolute Gasteiger partial charge is 0.508 e. The normalized spacial score (nSPS) is 18.8. The van der Waals surface area contributed by atoms with Gasteiger partial charge in [-0.15, -0.1) is 0 Å². The van der Waals surface area contributed by atoms with Crippen LogP contribution in [0, 0.1) is 0 Å². The van der Waals surface area contributed by atoms with Crippen LogP contribution in [-0.4, -0.2) is 46.0 Å². The van der Waals surface area contributed by atoms with E-state index in [-0.39, 0.29) is 5.75 Å². The van der Waals surface area contributed by atoms with E-state index in [0.717, 1.165) is 0 Å². The Balaban J connectivity index is 1.65. The van der Waals surface area contributed by atoms with Crippen LogP contribution in [0.25, 0.3) is 0 Å². The number of benzene rings is 1. The van der Waals surface area contributed by atoms with E-state index in [0.29, 0.717) is 31.4 Å². The average molecular weight is 274 g/mol. The lowest BCUT2D eigenvalue weighted by Gasteiger charge is -2.32. The molecule has 0 radical (unpaired) electrons. The average Bonchev–Trinajstić information content (AvgIpc) is 2.51. The van der Waals surface area contributed by atoms with Gasteiger partial charge in [0.2, 0.25) is 12.2 Å². The Morgan fingerprint density at radius 1 is 1.20 bits per heavy atom. The number of hydrogen-bond acceptors (Lipinski definition) is 7. The Kier molecular flexibility index (Phi) is 3.60. The zero-order chi connectivity index (χ0) is 13.8. The van der Waals surface area contributed by atoms with Gasteiger partial charge in [0.15, 0.2) is 0 Å². The molecule has 0 aliphatic carbocycles. The highest BCUT2D eigenvalue weighted by atomic mass is 16.7. The predicted molar refractivity (Wildman–Crippen MR) is 70.5 cm³/mol. The highest BCUT2D eigenvalue weighted by Gasteiger charge is 2.23. The molecule has 1 aliphatic heterocycles. The SMILES string of the molecule is Oc1ccc(OC2CN(c3ncncn3)CCO2)cc1. The summed E-state index contributed by atoms with van der Waals surface area (Å²) in [7, 11) is 0. The molecule has 1 aliphatic rings. The number of aromatic hydroxyl groups is 1. The summed E-state index contributed by atoms with van der Waals surface area (Å²) in [6.07, 6.45) is 2.53. The molecule has 1 atom stereocenters. The minimum atomic E-state index is -0.398. The van der Waals surface area contributed by atoms with Crippen molar-refractivity contribution in [2.45, 2.75) is 6.29 Å². The van der Waals surface area contributed by atoms with Gasteiger partial charge < -0.3 is 19.5 Å². The van der Waals surface area contributed by atoms with Gasteiger partial charge in [-0.3, -0.25) is 0 Å². The predicted octanol–water partition coefficient (Wildman–Crippen LogP) is 0.819. The number of rotatable bonds is 3. The molecule has 20 heavy (non-hydrogen) atoms. The summed E-state index contributed by atoms with van der Waals surface area (Å²) in [4.78, 5) is 14.0. The third kappa shape index (κ3) is 2.94. The summed E-state index contributed by atoms with van der Waals surface area (Å²) in [5.41, 5.74) is 0. The molecule has 104 valence electrons. The zero-order valence-corrected chi connectivity index (χ0v) is 10.7. The van der Waals surface area contributed by atoms with Crippen LogP contribution in [-0.2, 0) is 4.74 Å². The van der Waals surface area contributed by atoms with Crippen LogP contribution in [0.2, 0.25) is 0 Å². The second kappa shape index (κ2) is 5.70. The zero-order valence-electron chi connectivity index (χ0n) is 10.7. The smallest absolute Gasteiger partial charge is 0.228 e. The van der Waals surface area contributed by atoms with Crippen molar-refractivity contribution in [2.75, 3.05) is 24.6 Å². The van der Waals surface area contributed by atoms with Gasteiger partial charge in [0, 0.05) is 6.54 Å². The van der Waals surface area contributed by atoms with Crippen molar-refractivity contribution in [2.24, 2.45) is 0 Å². The van der Waals surface area contributed by atoms with Gasteiger partial charge in [0.05, 0.1) is 13.2 Å². The van der Waals surface area contributed by atoms with E-state index in [9.17, 15) is 5.11 Å². The first-order valence-corrected chi connectivity index (χ1v) is 6.25. The van der Waals surface area contributed by atoms with Crippen LogP contribution in [0.15, 0.2) is 36.9 Å². The number of phenols is 1. The lowest BCUT2D eigenvalue weighted by Crippen LogP contribution is -2.45. The van der Waals surface area contributed by atoms with E-state index < -0.39 is 6.29 Å². The number of aromatic nitrogens is 3. The maximum absolute atomic E-state index is 9.24. The van der Waals surface area contributed by atoms with E-state index in [2.05, 4.69) is 15.0 Å². The first kappa shape index (κ1) is 12.6. The molecule has 3 rings (SSSR count). The summed E-state index contributed by atoms with van der Waals surface area (Å²) in [6, 6.07) is 6.53. The lowest BCUT2D eigenvalue weighted by molar-refractivity contribution is -0.0867. The fourth-order valence-electron chi connectivity index (χ4n) is 1.94. The molecular formula is C13H14N4O3. The van der Waals surface area contributed by atoms with Crippen molar-refractivity contribution in [3.05, 3.63) is 36.9 Å². The summed E-state index contributed by atoms with van der Waals surface area (Å²) < 4.78 is 11.3. The number of morpholine rings is 1. The molecular weight excluding hydrogens is 260 g/mol. The van der Waals surface area contributed by atoms with Crippen molar-refractivity contribution in [3.63, 3.8) is 0 Å². The fourth-order valence-corrected chi connectivity index (χ4v) is 1.94. The van der Waals surface area contributed by atoms with Gasteiger partial charge in [0.25, 0.3) is 0 Å². The molecule has 1 unspecified atom stereocenters. The van der Waals surface area contributed by atoms with Crippen molar-refractivity contribution in [1.29, 1.82) is 0 Å². The van der Waals surface area contributed by atoms with E-state index in [1.165, 1.54) is 12.7 Å². The second-order valence-electron chi connectivity index (χ2n) is 4.30. The lowest BCUT2D eigenvalue weighted by atomic mass is 10.3. The van der Waals surface area contributed by atoms with Crippen LogP contribution >= 0.6 is 0 Å². The summed E-state index contributed by atoms with van der Waals surface area (Å²) >= 11 is 0. The van der Waals surface area contributed by atoms with Crippen molar-refractivity contribution >= 4 is 5.95 Å². The molecule has 0 saturated carbocycles. The fraction of sp³-hybridized carbons (Fsp3) is 0.308. The highest BCUT2D eigenvalue weighted by molar-refractivity contribution is 5.31. The number of hydrogen-bond donors (Lipinski definition) is 1. The van der Waals surface area contributed by atoms with Crippen LogP contribution in [0.5, 0.6) is 11.5 Å². The molecule has 2 heterocycles. The Labute approximate surface area is 115 Å². The Bertz CT molecular complexity index is 549. The van der Waals surface area contributed by atoms with Crippen LogP contribution < -0.4 is 9.64 Å². The van der Waals surface area contributed by atoms with E-state index >= 15 is 0 Å². The summed E-state index contributed by atoms with van der Waals surface area (Å²) in [5, 5.41) is 9.24. The summed E-state index contributed by atoms with van der Waals surface area (Å²) in [6.45, 7) is 1.78. The first-order chi connectivity index (χ1) is 9.81. The van der Waals surface area contributed by atoms with Gasteiger partial charge in [-0.25, -0.2) is 15.0 Å². The molecule has 7 heteroatoms. The molecule has 0 amide bonds. The van der Waals surface area contributed by atoms with Crippen molar-refractivity contribution in [3.8, 4) is 11.5 Å². The van der Waals surface area contributed by atoms with Gasteiger partial charge in [-0.05, 0) is 24.3 Å². The number of anilines is 1. The Morgan fingerprint density at radius 3 is 2.70 bits per heavy atom. The second-order valence-corrected chi connectivity index (χ2v) is 4.30. The number of nitrogens with zero attached hydrogens (tertiary/aromatic N) is 4. The third-order valence-electron chi connectivity index (χ3n) is 2.90. The molecule has 0 bridgehead atoms. The number of ether oxygens (including phenoxy) is 2. The Morgan fingerprint density at radius 2 is 1.95 bits per heavy atom. The van der Waals surface area contributed by atoms with Crippen LogP contribution in [0.1, 0.15) is 0 Å². The minimum absolute atomic E-state index is 0.203. The number of phenolic OH excluding ortho intramolecular Hbond substituents is 1. The van der Waals surface area contributed by atoms with Crippen molar-refractivity contribution in [1.82, 2.24) is 15.0 Å². The first-order valence-electron chi connectivity index (χ1n) is 6.25. The quantitative estimate of drug-likeness (QED) is 0.887. The monoisotopic (exact) mass is 274 g/mol. The molecule has 1 aromatic carbocycles. The molecule has 1 N–H and O–H groups in total. The maximum atomic E-state index is 9.24. The highest BCUT2D eigenvalue weighted by Crippen LogP contribution is 2.19. The molecule has 0 spiro atoms. The molecule has 7 nitrogen and oxygen atoms in total. The molecule has 1 saturated heterocycles. The third-order valence-corrected chi connectivity index (χ3v) is 2.90. The van der Waals surface area contributed by atoms with Crippen LogP contribution in [0.3, 0.4) is 0 Å². The molecule has 1 fully saturated rings. The molecule has 1 aromatic heterocycles. The van der Waals surface area contributed by atoms with Gasteiger partial charge in [-0.1, -0.05) is 0 Å². The maximum Gasteiger partial charge on any atom is 0.228 e. The van der Waals surface area contributed by atoms with E-state index in [1.54, 1.807) is 24.3 Å². The van der Waals surface area contributed by atoms with Gasteiger partial charge >= 0.3 is 0 Å². The Hall–Kier alpha value is -2.41. The standard InChI is InChI=1S/C13H14N4O3/c18-10-1-3-11(4-2-10)20-12-7-17(5-6-19-12)13-15-8-14-9-16-13/h1-4,8-9,12,18H,5-7H2. The van der Waals surface area contributed by atoms with Crippen molar-refractivity contribution < 1.29 is 14.6 Å². The minimum Gasteiger partial charge on any atom is -0.508 e. The van der Waals surface area contributed by atoms with E-state index in [1.807, 2.05) is 4.90 Å². The van der Waals surface area contributed by atoms with Gasteiger partial charge in [0.1, 0.15) is 24.2 Å². The van der Waals surface area contributed by atoms with Crippen LogP contribution in [0.4, 0.5) is 5.95 Å².